The summed E-state index contributed by atoms with van der Waals surface area (Å²) in [5.74, 6) is -0.513. The van der Waals surface area contributed by atoms with Crippen molar-refractivity contribution < 1.29 is 13.2 Å². The lowest BCUT2D eigenvalue weighted by molar-refractivity contribution is -0.120. The number of hydrogen-bond acceptors (Lipinski definition) is 4. The van der Waals surface area contributed by atoms with Crippen molar-refractivity contribution in [2.45, 2.75) is 17.7 Å². The fourth-order valence-corrected chi connectivity index (χ4v) is 5.90. The number of carbonyl (C=O) groups excluding carboxylic acids is 1. The van der Waals surface area contributed by atoms with Crippen LogP contribution in [0.25, 0.3) is 10.4 Å². The van der Waals surface area contributed by atoms with Gasteiger partial charge >= 0.3 is 0 Å². The van der Waals surface area contributed by atoms with Crippen LogP contribution in [0, 0.1) is 5.92 Å². The van der Waals surface area contributed by atoms with Crippen molar-refractivity contribution in [2.24, 2.45) is 5.92 Å². The SMILES string of the molecule is O=C(Nc1ccccc1-c1cccs1)C1CCCN(S(=O)(=O)c2ccccc2)C1. The number of carbonyl (C=O) groups is 1. The summed E-state index contributed by atoms with van der Waals surface area (Å²) in [4.78, 5) is 14.3. The molecule has 150 valence electrons. The summed E-state index contributed by atoms with van der Waals surface area (Å²) in [5, 5.41) is 5.03. The van der Waals surface area contributed by atoms with Gasteiger partial charge in [-0.3, -0.25) is 4.79 Å². The van der Waals surface area contributed by atoms with Crippen molar-refractivity contribution in [3.8, 4) is 10.4 Å². The summed E-state index contributed by atoms with van der Waals surface area (Å²) in [5.41, 5.74) is 1.73. The van der Waals surface area contributed by atoms with Gasteiger partial charge in [0.25, 0.3) is 0 Å². The quantitative estimate of drug-likeness (QED) is 0.655. The van der Waals surface area contributed by atoms with Crippen LogP contribution < -0.4 is 5.32 Å². The molecule has 1 aromatic heterocycles. The molecule has 1 unspecified atom stereocenters. The molecule has 29 heavy (non-hydrogen) atoms. The second-order valence-corrected chi connectivity index (χ2v) is 9.91. The lowest BCUT2D eigenvalue weighted by atomic mass is 9.98. The molecule has 2 aromatic carbocycles. The van der Waals surface area contributed by atoms with Crippen LogP contribution in [0.1, 0.15) is 12.8 Å². The van der Waals surface area contributed by atoms with Crippen molar-refractivity contribution in [3.05, 3.63) is 72.1 Å². The summed E-state index contributed by atoms with van der Waals surface area (Å²) in [6.07, 6.45) is 1.34. The molecular formula is C22H22N2O3S2. The van der Waals surface area contributed by atoms with Gasteiger partial charge in [0.1, 0.15) is 0 Å². The third-order valence-corrected chi connectivity index (χ3v) is 7.89. The number of para-hydroxylation sites is 1. The number of benzene rings is 2. The number of anilines is 1. The van der Waals surface area contributed by atoms with Crippen LogP contribution in [-0.4, -0.2) is 31.7 Å². The van der Waals surface area contributed by atoms with Crippen LogP contribution in [0.2, 0.25) is 0 Å². The number of piperidine rings is 1. The van der Waals surface area contributed by atoms with E-state index in [1.54, 1.807) is 41.7 Å². The molecule has 7 heteroatoms. The van der Waals surface area contributed by atoms with Crippen molar-refractivity contribution in [2.75, 3.05) is 18.4 Å². The minimum absolute atomic E-state index is 0.137. The van der Waals surface area contributed by atoms with Gasteiger partial charge in [0.15, 0.2) is 0 Å². The number of hydrogen-bond donors (Lipinski definition) is 1. The first-order valence-electron chi connectivity index (χ1n) is 9.54. The van der Waals surface area contributed by atoms with Gasteiger partial charge in [-0.1, -0.05) is 42.5 Å². The van der Waals surface area contributed by atoms with E-state index in [1.807, 2.05) is 41.8 Å². The van der Waals surface area contributed by atoms with E-state index < -0.39 is 10.0 Å². The molecule has 1 aliphatic heterocycles. The van der Waals surface area contributed by atoms with Crippen LogP contribution in [0.15, 0.2) is 77.0 Å². The van der Waals surface area contributed by atoms with Gasteiger partial charge in [-0.2, -0.15) is 4.31 Å². The minimum Gasteiger partial charge on any atom is -0.325 e. The number of nitrogens with zero attached hydrogens (tertiary/aromatic N) is 1. The summed E-state index contributed by atoms with van der Waals surface area (Å²) in [7, 11) is -3.59. The maximum absolute atomic E-state index is 13.0. The fraction of sp³-hybridized carbons (Fsp3) is 0.227. The molecule has 0 saturated carbocycles. The van der Waals surface area contributed by atoms with Gasteiger partial charge in [-0.15, -0.1) is 11.3 Å². The van der Waals surface area contributed by atoms with Crippen LogP contribution in [0.3, 0.4) is 0 Å². The Morgan fingerprint density at radius 1 is 1.00 bits per heavy atom. The smallest absolute Gasteiger partial charge is 0.243 e. The van der Waals surface area contributed by atoms with Gasteiger partial charge in [0, 0.05) is 29.2 Å². The molecule has 0 radical (unpaired) electrons. The van der Waals surface area contributed by atoms with E-state index in [2.05, 4.69) is 5.32 Å². The van der Waals surface area contributed by atoms with E-state index in [0.29, 0.717) is 19.4 Å². The van der Waals surface area contributed by atoms with Gasteiger partial charge in [0.05, 0.1) is 10.8 Å². The predicted molar refractivity (Wildman–Crippen MR) is 116 cm³/mol. The maximum Gasteiger partial charge on any atom is 0.243 e. The Hall–Kier alpha value is -2.48. The lowest BCUT2D eigenvalue weighted by Crippen LogP contribution is -2.43. The number of rotatable bonds is 5. The Labute approximate surface area is 175 Å². The van der Waals surface area contributed by atoms with Crippen molar-refractivity contribution in [1.29, 1.82) is 0 Å². The summed E-state index contributed by atoms with van der Waals surface area (Å²) < 4.78 is 27.3. The molecule has 0 bridgehead atoms. The van der Waals surface area contributed by atoms with E-state index in [0.717, 1.165) is 16.1 Å². The topological polar surface area (TPSA) is 66.5 Å². The largest absolute Gasteiger partial charge is 0.325 e. The van der Waals surface area contributed by atoms with Crippen LogP contribution in [0.4, 0.5) is 5.69 Å². The first-order chi connectivity index (χ1) is 14.1. The normalized spacial score (nSPS) is 17.7. The van der Waals surface area contributed by atoms with E-state index in [1.165, 1.54) is 4.31 Å². The minimum atomic E-state index is -3.59. The molecule has 1 saturated heterocycles. The number of amides is 1. The molecule has 1 atom stereocenters. The molecule has 2 heterocycles. The summed E-state index contributed by atoms with van der Waals surface area (Å²) >= 11 is 1.62. The third-order valence-electron chi connectivity index (χ3n) is 5.11. The van der Waals surface area contributed by atoms with Gasteiger partial charge in [-0.05, 0) is 42.5 Å². The third kappa shape index (κ3) is 4.27. The van der Waals surface area contributed by atoms with E-state index >= 15 is 0 Å². The van der Waals surface area contributed by atoms with Gasteiger partial charge in [-0.25, -0.2) is 8.42 Å². The van der Waals surface area contributed by atoms with Crippen LogP contribution in [0.5, 0.6) is 0 Å². The highest BCUT2D eigenvalue weighted by atomic mass is 32.2. The summed E-state index contributed by atoms with van der Waals surface area (Å²) in [6.45, 7) is 0.636. The molecule has 4 rings (SSSR count). The van der Waals surface area contributed by atoms with E-state index in [9.17, 15) is 13.2 Å². The van der Waals surface area contributed by atoms with Crippen molar-refractivity contribution in [1.82, 2.24) is 4.31 Å². The fourth-order valence-electron chi connectivity index (χ4n) is 3.59. The van der Waals surface area contributed by atoms with Crippen LogP contribution >= 0.6 is 11.3 Å². The molecule has 1 N–H and O–H groups in total. The average molecular weight is 427 g/mol. The van der Waals surface area contributed by atoms with Crippen molar-refractivity contribution >= 4 is 33.0 Å². The summed E-state index contributed by atoms with van der Waals surface area (Å²) in [6, 6.07) is 20.1. The van der Waals surface area contributed by atoms with Gasteiger partial charge in [0.2, 0.25) is 15.9 Å². The predicted octanol–water partition coefficient (Wildman–Crippen LogP) is 4.45. The highest BCUT2D eigenvalue weighted by Gasteiger charge is 2.33. The highest BCUT2D eigenvalue weighted by molar-refractivity contribution is 7.89. The average Bonchev–Trinajstić information content (AvgIpc) is 3.29. The molecule has 3 aromatic rings. The highest BCUT2D eigenvalue weighted by Crippen LogP contribution is 2.32. The molecule has 0 aliphatic carbocycles. The number of thiophene rings is 1. The second kappa shape index (κ2) is 8.49. The molecule has 5 nitrogen and oxygen atoms in total. The monoisotopic (exact) mass is 426 g/mol. The van der Waals surface area contributed by atoms with E-state index in [4.69, 9.17) is 0 Å². The molecule has 0 spiro atoms. The van der Waals surface area contributed by atoms with Crippen molar-refractivity contribution in [3.63, 3.8) is 0 Å². The van der Waals surface area contributed by atoms with Gasteiger partial charge < -0.3 is 5.32 Å². The maximum atomic E-state index is 13.0. The van der Waals surface area contributed by atoms with E-state index in [-0.39, 0.29) is 23.3 Å². The molecule has 1 amide bonds. The Balaban J connectivity index is 1.51. The zero-order chi connectivity index (χ0) is 20.3. The molecule has 1 fully saturated rings. The number of sulfonamides is 1. The molecule has 1 aliphatic rings. The first kappa shape index (κ1) is 19.8. The molecular weight excluding hydrogens is 404 g/mol. The Bertz CT molecular complexity index is 1080. The zero-order valence-electron chi connectivity index (χ0n) is 15.8. The Kier molecular flexibility index (Phi) is 5.80. The standard InChI is InChI=1S/C22H22N2O3S2/c25-22(23-20-12-5-4-11-19(20)21-13-7-15-28-21)17-8-6-14-24(16-17)29(26,27)18-9-2-1-3-10-18/h1-5,7,9-13,15,17H,6,8,14,16H2,(H,23,25). The zero-order valence-corrected chi connectivity index (χ0v) is 17.5. The Morgan fingerprint density at radius 3 is 2.52 bits per heavy atom. The Morgan fingerprint density at radius 2 is 1.76 bits per heavy atom. The van der Waals surface area contributed by atoms with Crippen LogP contribution in [-0.2, 0) is 14.8 Å². The second-order valence-electron chi connectivity index (χ2n) is 7.03. The number of nitrogens with one attached hydrogen (secondary N) is 1. The lowest BCUT2D eigenvalue weighted by Gasteiger charge is -2.31. The first-order valence-corrected chi connectivity index (χ1v) is 11.9.